The molecule has 0 amide bonds. The van der Waals surface area contributed by atoms with Crippen LogP contribution in [0.5, 0.6) is 5.75 Å². The molecule has 0 saturated heterocycles. The number of benzene rings is 1. The highest BCUT2D eigenvalue weighted by molar-refractivity contribution is 7.59. The number of para-hydroxylation sites is 1. The fourth-order valence-electron chi connectivity index (χ4n) is 3.59. The Morgan fingerprint density at radius 1 is 1.20 bits per heavy atom. The maximum Gasteiger partial charge on any atom is 0.242 e. The molecule has 142 valence electrons. The number of unbranched alkanes of at least 4 members (excludes halogenated alkanes) is 1. The summed E-state index contributed by atoms with van der Waals surface area (Å²) in [6, 6.07) is 9.85. The van der Waals surface area contributed by atoms with Gasteiger partial charge in [0.1, 0.15) is 5.75 Å². The van der Waals surface area contributed by atoms with Crippen molar-refractivity contribution in [3.8, 4) is 5.75 Å². The molecule has 1 aliphatic carbocycles. The van der Waals surface area contributed by atoms with Crippen LogP contribution in [-0.4, -0.2) is 24.7 Å². The number of hydrogen-bond acceptors (Lipinski definition) is 4. The Balaban J connectivity index is 1.95. The second-order valence-corrected chi connectivity index (χ2v) is 10.1. The molecule has 1 unspecified atom stereocenters. The van der Waals surface area contributed by atoms with Crippen molar-refractivity contribution in [2.45, 2.75) is 70.5 Å². The molecule has 0 bridgehead atoms. The largest absolute Gasteiger partial charge is 0.484 e. The van der Waals surface area contributed by atoms with E-state index in [-0.39, 0.29) is 18.0 Å². The Morgan fingerprint density at radius 2 is 1.88 bits per heavy atom. The van der Waals surface area contributed by atoms with Crippen LogP contribution in [0, 0.1) is 5.92 Å². The second kappa shape index (κ2) is 10.4. The summed E-state index contributed by atoms with van der Waals surface area (Å²) in [5, 5.41) is 0. The molecule has 1 saturated carbocycles. The highest BCUT2D eigenvalue weighted by Gasteiger charge is 2.38. The fourth-order valence-corrected chi connectivity index (χ4v) is 5.94. The first-order valence-electron chi connectivity index (χ1n) is 9.70. The van der Waals surface area contributed by atoms with Crippen LogP contribution in [0.3, 0.4) is 0 Å². The lowest BCUT2D eigenvalue weighted by atomic mass is 9.85. The monoisotopic (exact) mass is 367 g/mol. The average molecular weight is 367 g/mol. The van der Waals surface area contributed by atoms with E-state index in [9.17, 15) is 4.57 Å². The summed E-state index contributed by atoms with van der Waals surface area (Å²) < 4.78 is 25.4. The molecular formula is C20H34NO3P. The first kappa shape index (κ1) is 20.5. The molecule has 0 heterocycles. The van der Waals surface area contributed by atoms with Crippen molar-refractivity contribution >= 4 is 7.37 Å². The van der Waals surface area contributed by atoms with E-state index < -0.39 is 7.37 Å². The van der Waals surface area contributed by atoms with Gasteiger partial charge in [-0.05, 0) is 63.5 Å². The highest BCUT2D eigenvalue weighted by Crippen LogP contribution is 2.57. The summed E-state index contributed by atoms with van der Waals surface area (Å²) in [5.74, 6) is 1.42. The predicted molar refractivity (Wildman–Crippen MR) is 104 cm³/mol. The van der Waals surface area contributed by atoms with Gasteiger partial charge in [0.05, 0.1) is 6.61 Å². The molecule has 1 aromatic rings. The third kappa shape index (κ3) is 6.77. The summed E-state index contributed by atoms with van der Waals surface area (Å²) in [6.07, 6.45) is 7.34. The Kier molecular flexibility index (Phi) is 8.48. The molecule has 2 rings (SSSR count). The quantitative estimate of drug-likeness (QED) is 0.443. The lowest BCUT2D eigenvalue weighted by Gasteiger charge is -2.34. The molecule has 1 aliphatic rings. The molecule has 0 aliphatic heterocycles. The van der Waals surface area contributed by atoms with Crippen LogP contribution in [0.1, 0.15) is 58.8 Å². The molecule has 4 nitrogen and oxygen atoms in total. The number of nitrogens with two attached hydrogens (primary N) is 1. The standard InChI is InChI=1S/C20H34NO3P/c1-3-4-14-24-25(22,16-23-19-8-6-5-7-9-19)20-12-10-18(11-13-20)15-17(2)21/h5-9,17-18,20H,3-4,10-16,21H2,1-2H3/t17?,18?,20?,25-/m0/s1. The predicted octanol–water partition coefficient (Wildman–Crippen LogP) is 5.41. The summed E-state index contributed by atoms with van der Waals surface area (Å²) in [7, 11) is -2.80. The van der Waals surface area contributed by atoms with Gasteiger partial charge >= 0.3 is 0 Å². The van der Waals surface area contributed by atoms with Gasteiger partial charge < -0.3 is 15.0 Å². The summed E-state index contributed by atoms with van der Waals surface area (Å²) in [4.78, 5) is 0. The lowest BCUT2D eigenvalue weighted by molar-refractivity contribution is 0.251. The zero-order valence-electron chi connectivity index (χ0n) is 15.7. The zero-order chi connectivity index (χ0) is 18.1. The number of ether oxygens (including phenoxy) is 1. The topological polar surface area (TPSA) is 61.5 Å². The van der Waals surface area contributed by atoms with E-state index in [4.69, 9.17) is 15.0 Å². The molecule has 5 heteroatoms. The molecule has 1 aromatic carbocycles. The third-order valence-electron chi connectivity index (χ3n) is 5.04. The Hall–Kier alpha value is -0.830. The van der Waals surface area contributed by atoms with Gasteiger partial charge in [0, 0.05) is 11.7 Å². The van der Waals surface area contributed by atoms with Crippen molar-refractivity contribution < 1.29 is 13.8 Å². The van der Waals surface area contributed by atoms with Crippen molar-refractivity contribution in [3.05, 3.63) is 30.3 Å². The van der Waals surface area contributed by atoms with Gasteiger partial charge in [-0.1, -0.05) is 31.5 Å². The second-order valence-electron chi connectivity index (χ2n) is 7.39. The van der Waals surface area contributed by atoms with Crippen LogP contribution >= 0.6 is 7.37 Å². The van der Waals surface area contributed by atoms with E-state index in [2.05, 4.69) is 13.8 Å². The normalized spacial score (nSPS) is 24.4. The molecule has 0 radical (unpaired) electrons. The van der Waals surface area contributed by atoms with Gasteiger partial charge in [-0.15, -0.1) is 0 Å². The van der Waals surface area contributed by atoms with Crippen molar-refractivity contribution in [2.75, 3.05) is 13.0 Å². The first-order valence-corrected chi connectivity index (χ1v) is 11.6. The molecule has 0 spiro atoms. The lowest BCUT2D eigenvalue weighted by Crippen LogP contribution is -2.26. The Bertz CT molecular complexity index is 527. The first-order chi connectivity index (χ1) is 12.0. The minimum absolute atomic E-state index is 0.123. The average Bonchev–Trinajstić information content (AvgIpc) is 2.61. The summed E-state index contributed by atoms with van der Waals surface area (Å²) in [6.45, 7) is 4.75. The van der Waals surface area contributed by atoms with Crippen LogP contribution in [0.15, 0.2) is 30.3 Å². The van der Waals surface area contributed by atoms with E-state index >= 15 is 0 Å². The summed E-state index contributed by atoms with van der Waals surface area (Å²) >= 11 is 0. The smallest absolute Gasteiger partial charge is 0.242 e. The third-order valence-corrected chi connectivity index (χ3v) is 7.78. The highest BCUT2D eigenvalue weighted by atomic mass is 31.2. The van der Waals surface area contributed by atoms with Gasteiger partial charge in [0.25, 0.3) is 0 Å². The van der Waals surface area contributed by atoms with Gasteiger partial charge in [0.2, 0.25) is 7.37 Å². The van der Waals surface area contributed by atoms with Gasteiger partial charge in [-0.3, -0.25) is 4.57 Å². The van der Waals surface area contributed by atoms with Crippen LogP contribution in [0.25, 0.3) is 0 Å². The van der Waals surface area contributed by atoms with E-state index in [1.165, 1.54) is 0 Å². The number of rotatable bonds is 10. The van der Waals surface area contributed by atoms with E-state index in [1.54, 1.807) is 0 Å². The molecule has 0 aromatic heterocycles. The minimum atomic E-state index is -2.80. The van der Waals surface area contributed by atoms with Crippen molar-refractivity contribution in [1.82, 2.24) is 0 Å². The maximum absolute atomic E-state index is 13.6. The molecular weight excluding hydrogens is 333 g/mol. The van der Waals surface area contributed by atoms with Crippen LogP contribution < -0.4 is 10.5 Å². The molecule has 1 fully saturated rings. The Morgan fingerprint density at radius 3 is 2.48 bits per heavy atom. The van der Waals surface area contributed by atoms with E-state index in [1.807, 2.05) is 30.3 Å². The van der Waals surface area contributed by atoms with Crippen molar-refractivity contribution in [3.63, 3.8) is 0 Å². The van der Waals surface area contributed by atoms with Gasteiger partial charge in [0.15, 0.2) is 6.35 Å². The van der Waals surface area contributed by atoms with Crippen LogP contribution in [-0.2, 0) is 9.09 Å². The van der Waals surface area contributed by atoms with Crippen LogP contribution in [0.4, 0.5) is 0 Å². The SMILES string of the molecule is CCCCO[P@@](=O)(COc1ccccc1)C1CCC(CC(C)N)CC1. The van der Waals surface area contributed by atoms with Crippen molar-refractivity contribution in [1.29, 1.82) is 0 Å². The molecule has 25 heavy (non-hydrogen) atoms. The molecule has 2 N–H and O–H groups in total. The van der Waals surface area contributed by atoms with Crippen LogP contribution in [0.2, 0.25) is 0 Å². The summed E-state index contributed by atoms with van der Waals surface area (Å²) in [5.41, 5.74) is 6.06. The van der Waals surface area contributed by atoms with Crippen molar-refractivity contribution in [2.24, 2.45) is 11.7 Å². The number of hydrogen-bond donors (Lipinski definition) is 1. The molecule has 2 atom stereocenters. The fraction of sp³-hybridized carbons (Fsp3) is 0.700. The van der Waals surface area contributed by atoms with Gasteiger partial charge in [-0.2, -0.15) is 0 Å². The maximum atomic E-state index is 13.6. The van der Waals surface area contributed by atoms with E-state index in [0.717, 1.165) is 50.7 Å². The zero-order valence-corrected chi connectivity index (χ0v) is 16.6. The minimum Gasteiger partial charge on any atom is -0.484 e. The van der Waals surface area contributed by atoms with Gasteiger partial charge in [-0.25, -0.2) is 0 Å². The van der Waals surface area contributed by atoms with E-state index in [0.29, 0.717) is 12.5 Å². The Labute approximate surface area is 152 Å².